The van der Waals surface area contributed by atoms with E-state index < -0.39 is 12.0 Å². The lowest BCUT2D eigenvalue weighted by atomic mass is 10.0. The third-order valence-electron chi connectivity index (χ3n) is 5.19. The molecule has 0 unspecified atom stereocenters. The quantitative estimate of drug-likeness (QED) is 0.478. The van der Waals surface area contributed by atoms with Gasteiger partial charge in [0.15, 0.2) is 0 Å². The van der Waals surface area contributed by atoms with Crippen LogP contribution in [0.15, 0.2) is 91.1 Å². The van der Waals surface area contributed by atoms with Crippen molar-refractivity contribution in [1.82, 2.24) is 10.3 Å². The standard InChI is InChI=1S/C26H22N2O3/c1-31-26(30)24(17-18-11-13-20(14-12-18)19-7-3-2-4-8-19)28-25(29)22-15-16-27-23-10-6-5-9-21(22)23/h2-16,24H,17H2,1H3,(H,28,29)/t24-/m1/s1. The van der Waals surface area contributed by atoms with Gasteiger partial charge in [-0.25, -0.2) is 4.79 Å². The first-order chi connectivity index (χ1) is 15.2. The van der Waals surface area contributed by atoms with Gasteiger partial charge in [0.05, 0.1) is 18.2 Å². The van der Waals surface area contributed by atoms with Crippen LogP contribution in [0.3, 0.4) is 0 Å². The molecule has 0 saturated heterocycles. The topological polar surface area (TPSA) is 68.3 Å². The van der Waals surface area contributed by atoms with Crippen molar-refractivity contribution in [3.8, 4) is 11.1 Å². The SMILES string of the molecule is COC(=O)[C@@H](Cc1ccc(-c2ccccc2)cc1)NC(=O)c1ccnc2ccccc12. The predicted molar refractivity (Wildman–Crippen MR) is 121 cm³/mol. The van der Waals surface area contributed by atoms with Gasteiger partial charge in [0.1, 0.15) is 6.04 Å². The Labute approximate surface area is 180 Å². The first kappa shape index (κ1) is 20.3. The average molecular weight is 410 g/mol. The van der Waals surface area contributed by atoms with Crippen LogP contribution >= 0.6 is 0 Å². The maximum Gasteiger partial charge on any atom is 0.328 e. The Hall–Kier alpha value is -3.99. The minimum absolute atomic E-state index is 0.330. The summed E-state index contributed by atoms with van der Waals surface area (Å²) < 4.78 is 4.94. The van der Waals surface area contributed by atoms with Crippen LogP contribution in [-0.4, -0.2) is 30.0 Å². The summed E-state index contributed by atoms with van der Waals surface area (Å²) in [6.07, 6.45) is 1.92. The van der Waals surface area contributed by atoms with Gasteiger partial charge in [-0.15, -0.1) is 0 Å². The predicted octanol–water partition coefficient (Wildman–Crippen LogP) is 4.42. The number of ether oxygens (including phenoxy) is 1. The van der Waals surface area contributed by atoms with Crippen molar-refractivity contribution >= 4 is 22.8 Å². The van der Waals surface area contributed by atoms with Crippen LogP contribution in [0.4, 0.5) is 0 Å². The zero-order chi connectivity index (χ0) is 21.6. The molecule has 0 saturated carbocycles. The molecular formula is C26H22N2O3. The molecular weight excluding hydrogens is 388 g/mol. The van der Waals surface area contributed by atoms with Crippen LogP contribution in [0.25, 0.3) is 22.0 Å². The van der Waals surface area contributed by atoms with Crippen LogP contribution in [-0.2, 0) is 16.0 Å². The van der Waals surface area contributed by atoms with Crippen LogP contribution < -0.4 is 5.32 Å². The molecule has 31 heavy (non-hydrogen) atoms. The molecule has 1 aromatic heterocycles. The second kappa shape index (κ2) is 9.22. The number of hydrogen-bond acceptors (Lipinski definition) is 4. The van der Waals surface area contributed by atoms with E-state index in [9.17, 15) is 9.59 Å². The molecule has 154 valence electrons. The highest BCUT2D eigenvalue weighted by Crippen LogP contribution is 2.20. The number of methoxy groups -OCH3 is 1. The highest BCUT2D eigenvalue weighted by Gasteiger charge is 2.23. The van der Waals surface area contributed by atoms with E-state index in [4.69, 9.17) is 4.74 Å². The van der Waals surface area contributed by atoms with E-state index in [-0.39, 0.29) is 5.91 Å². The number of nitrogens with one attached hydrogen (secondary N) is 1. The molecule has 3 aromatic carbocycles. The largest absolute Gasteiger partial charge is 0.467 e. The summed E-state index contributed by atoms with van der Waals surface area (Å²) in [5, 5.41) is 3.56. The lowest BCUT2D eigenvalue weighted by Gasteiger charge is -2.17. The van der Waals surface area contributed by atoms with Gasteiger partial charge in [-0.1, -0.05) is 72.8 Å². The third kappa shape index (κ3) is 4.61. The van der Waals surface area contributed by atoms with Crippen molar-refractivity contribution in [2.45, 2.75) is 12.5 Å². The number of carbonyl (C=O) groups excluding carboxylic acids is 2. The van der Waals surface area contributed by atoms with Gasteiger partial charge < -0.3 is 10.1 Å². The van der Waals surface area contributed by atoms with Crippen LogP contribution in [0, 0.1) is 0 Å². The van der Waals surface area contributed by atoms with Gasteiger partial charge in [-0.05, 0) is 28.8 Å². The molecule has 0 aliphatic rings. The molecule has 0 radical (unpaired) electrons. The number of amides is 1. The zero-order valence-electron chi connectivity index (χ0n) is 17.1. The van der Waals surface area contributed by atoms with Crippen molar-refractivity contribution in [2.24, 2.45) is 0 Å². The number of para-hydroxylation sites is 1. The Morgan fingerprint density at radius 2 is 1.55 bits per heavy atom. The first-order valence-electron chi connectivity index (χ1n) is 10.0. The van der Waals surface area contributed by atoms with Crippen molar-refractivity contribution in [3.05, 3.63) is 102 Å². The number of carbonyl (C=O) groups is 2. The molecule has 1 amide bonds. The van der Waals surface area contributed by atoms with Crippen LogP contribution in [0.5, 0.6) is 0 Å². The second-order valence-corrected chi connectivity index (χ2v) is 7.19. The maximum absolute atomic E-state index is 13.0. The molecule has 4 aromatic rings. The van der Waals surface area contributed by atoms with Crippen LogP contribution in [0.1, 0.15) is 15.9 Å². The van der Waals surface area contributed by atoms with E-state index >= 15 is 0 Å². The number of nitrogens with zero attached hydrogens (tertiary/aromatic N) is 1. The normalized spacial score (nSPS) is 11.6. The zero-order valence-corrected chi connectivity index (χ0v) is 17.1. The summed E-state index contributed by atoms with van der Waals surface area (Å²) in [4.78, 5) is 29.6. The molecule has 1 N–H and O–H groups in total. The summed E-state index contributed by atoms with van der Waals surface area (Å²) in [6.45, 7) is 0. The summed E-state index contributed by atoms with van der Waals surface area (Å²) >= 11 is 0. The lowest BCUT2D eigenvalue weighted by molar-refractivity contribution is -0.142. The van der Waals surface area contributed by atoms with Gasteiger partial charge in [-0.2, -0.15) is 0 Å². The maximum atomic E-state index is 13.0. The minimum atomic E-state index is -0.799. The fourth-order valence-electron chi connectivity index (χ4n) is 3.56. The van der Waals surface area contributed by atoms with Gasteiger partial charge in [0.25, 0.3) is 5.91 Å². The Balaban J connectivity index is 1.54. The summed E-state index contributed by atoms with van der Waals surface area (Å²) in [5.74, 6) is -0.825. The van der Waals surface area contributed by atoms with E-state index in [1.165, 1.54) is 7.11 Å². The number of rotatable bonds is 6. The number of hydrogen-bond donors (Lipinski definition) is 1. The highest BCUT2D eigenvalue weighted by molar-refractivity contribution is 6.07. The van der Waals surface area contributed by atoms with Crippen molar-refractivity contribution in [1.29, 1.82) is 0 Å². The molecule has 0 aliphatic heterocycles. The summed E-state index contributed by atoms with van der Waals surface area (Å²) in [6, 6.07) is 26.3. The number of benzene rings is 3. The molecule has 0 fully saturated rings. The van der Waals surface area contributed by atoms with E-state index in [2.05, 4.69) is 10.3 Å². The molecule has 1 heterocycles. The van der Waals surface area contributed by atoms with E-state index in [1.54, 1.807) is 12.3 Å². The molecule has 0 spiro atoms. The molecule has 5 nitrogen and oxygen atoms in total. The molecule has 4 rings (SSSR count). The fraction of sp³-hybridized carbons (Fsp3) is 0.115. The smallest absolute Gasteiger partial charge is 0.328 e. The highest BCUT2D eigenvalue weighted by atomic mass is 16.5. The van der Waals surface area contributed by atoms with E-state index in [0.29, 0.717) is 12.0 Å². The van der Waals surface area contributed by atoms with Gasteiger partial charge >= 0.3 is 5.97 Å². The Morgan fingerprint density at radius 3 is 2.29 bits per heavy atom. The first-order valence-corrected chi connectivity index (χ1v) is 10.0. The van der Waals surface area contributed by atoms with Crippen molar-refractivity contribution in [2.75, 3.05) is 7.11 Å². The van der Waals surface area contributed by atoms with Gasteiger partial charge in [0, 0.05) is 18.0 Å². The second-order valence-electron chi connectivity index (χ2n) is 7.19. The van der Waals surface area contributed by atoms with E-state index in [1.807, 2.05) is 78.9 Å². The fourth-order valence-corrected chi connectivity index (χ4v) is 3.56. The minimum Gasteiger partial charge on any atom is -0.467 e. The summed E-state index contributed by atoms with van der Waals surface area (Å²) in [7, 11) is 1.32. The van der Waals surface area contributed by atoms with Gasteiger partial charge in [0.2, 0.25) is 0 Å². The number of pyridine rings is 1. The molecule has 0 bridgehead atoms. The van der Waals surface area contributed by atoms with Crippen molar-refractivity contribution in [3.63, 3.8) is 0 Å². The number of aromatic nitrogens is 1. The van der Waals surface area contributed by atoms with Crippen molar-refractivity contribution < 1.29 is 14.3 Å². The number of fused-ring (bicyclic) bond motifs is 1. The van der Waals surface area contributed by atoms with Crippen LogP contribution in [0.2, 0.25) is 0 Å². The summed E-state index contributed by atoms with van der Waals surface area (Å²) in [5.41, 5.74) is 4.33. The average Bonchev–Trinajstić information content (AvgIpc) is 2.83. The lowest BCUT2D eigenvalue weighted by Crippen LogP contribution is -2.43. The molecule has 0 aliphatic carbocycles. The van der Waals surface area contributed by atoms with Gasteiger partial charge in [-0.3, -0.25) is 9.78 Å². The Kier molecular flexibility index (Phi) is 6.03. The Bertz CT molecular complexity index is 1200. The molecule has 1 atom stereocenters. The third-order valence-corrected chi connectivity index (χ3v) is 5.19. The molecule has 5 heteroatoms. The Morgan fingerprint density at radius 1 is 0.871 bits per heavy atom. The monoisotopic (exact) mass is 410 g/mol. The number of esters is 1. The van der Waals surface area contributed by atoms with E-state index in [0.717, 1.165) is 27.6 Å².